The Morgan fingerprint density at radius 1 is 1.13 bits per heavy atom. The molecule has 1 amide bonds. The summed E-state index contributed by atoms with van der Waals surface area (Å²) < 4.78 is 3.67. The summed E-state index contributed by atoms with van der Waals surface area (Å²) in [6, 6.07) is 12.1. The van der Waals surface area contributed by atoms with Gasteiger partial charge in [0, 0.05) is 42.9 Å². The molecule has 0 spiro atoms. The van der Waals surface area contributed by atoms with E-state index >= 15 is 0 Å². The number of aromatic nitrogens is 5. The molecule has 0 atom stereocenters. The minimum atomic E-state index is -0.0762. The number of fused-ring (bicyclic) bond motifs is 1. The van der Waals surface area contributed by atoms with Gasteiger partial charge >= 0.3 is 0 Å². The van der Waals surface area contributed by atoms with Gasteiger partial charge in [0.1, 0.15) is 0 Å². The Morgan fingerprint density at radius 2 is 1.90 bits per heavy atom. The lowest BCUT2D eigenvalue weighted by Crippen LogP contribution is -2.23. The normalized spacial score (nSPS) is 16.0. The molecule has 0 aliphatic heterocycles. The SMILES string of the molecule is Cn1cc(CNC(=O)c2cc(C3CC3)nc3c2c(C2CC2)nn3-c2ccccc2)cn1. The van der Waals surface area contributed by atoms with Gasteiger partial charge in [0.25, 0.3) is 5.91 Å². The van der Waals surface area contributed by atoms with Gasteiger partial charge in [-0.2, -0.15) is 10.2 Å². The van der Waals surface area contributed by atoms with Crippen LogP contribution in [0.4, 0.5) is 0 Å². The first-order valence-corrected chi connectivity index (χ1v) is 10.9. The maximum Gasteiger partial charge on any atom is 0.252 e. The van der Waals surface area contributed by atoms with Crippen LogP contribution in [0.3, 0.4) is 0 Å². The number of hydrogen-bond acceptors (Lipinski definition) is 4. The standard InChI is InChI=1S/C24H24N6O/c1-29-14-15(13-26-29)12-25-24(31)19-11-20(16-7-8-16)27-23-21(19)22(17-9-10-17)28-30(23)18-5-3-2-4-6-18/h2-6,11,13-14,16-17H,7-10,12H2,1H3,(H,25,31). The third-order valence-electron chi connectivity index (χ3n) is 6.10. The topological polar surface area (TPSA) is 77.6 Å². The summed E-state index contributed by atoms with van der Waals surface area (Å²) in [6.45, 7) is 0.445. The van der Waals surface area contributed by atoms with Crippen LogP contribution in [0.1, 0.15) is 64.8 Å². The molecular formula is C24H24N6O. The highest BCUT2D eigenvalue weighted by Gasteiger charge is 2.34. The predicted molar refractivity (Wildman–Crippen MR) is 117 cm³/mol. The molecule has 31 heavy (non-hydrogen) atoms. The highest BCUT2D eigenvalue weighted by Crippen LogP contribution is 2.45. The number of nitrogens with zero attached hydrogens (tertiary/aromatic N) is 5. The first kappa shape index (κ1) is 18.3. The fourth-order valence-electron chi connectivity index (χ4n) is 4.16. The van der Waals surface area contributed by atoms with E-state index in [1.807, 2.05) is 54.3 Å². The van der Waals surface area contributed by atoms with Crippen LogP contribution < -0.4 is 5.32 Å². The fraction of sp³-hybridized carbons (Fsp3) is 0.333. The Kier molecular flexibility index (Phi) is 4.16. The summed E-state index contributed by atoms with van der Waals surface area (Å²) in [5.74, 6) is 0.774. The van der Waals surface area contributed by atoms with Crippen molar-refractivity contribution >= 4 is 16.9 Å². The van der Waals surface area contributed by atoms with Gasteiger partial charge in [-0.1, -0.05) is 18.2 Å². The molecule has 4 aromatic rings. The molecule has 0 bridgehead atoms. The van der Waals surface area contributed by atoms with Gasteiger partial charge in [0.05, 0.1) is 28.5 Å². The van der Waals surface area contributed by atoms with Crippen LogP contribution in [0.25, 0.3) is 16.7 Å². The zero-order valence-electron chi connectivity index (χ0n) is 17.5. The lowest BCUT2D eigenvalue weighted by Gasteiger charge is -2.09. The van der Waals surface area contributed by atoms with E-state index in [4.69, 9.17) is 10.1 Å². The van der Waals surface area contributed by atoms with E-state index in [2.05, 4.69) is 10.4 Å². The molecule has 7 nitrogen and oxygen atoms in total. The van der Waals surface area contributed by atoms with Crippen LogP contribution >= 0.6 is 0 Å². The Bertz CT molecular complexity index is 1280. The molecular weight excluding hydrogens is 388 g/mol. The van der Waals surface area contributed by atoms with Gasteiger partial charge in [0.2, 0.25) is 0 Å². The first-order valence-electron chi connectivity index (χ1n) is 10.9. The van der Waals surface area contributed by atoms with Gasteiger partial charge in [-0.05, 0) is 43.9 Å². The number of rotatable bonds is 6. The second-order valence-corrected chi connectivity index (χ2v) is 8.68. The average molecular weight is 412 g/mol. The number of pyridine rings is 1. The van der Waals surface area contributed by atoms with Crippen molar-refractivity contribution in [1.29, 1.82) is 0 Å². The molecule has 0 unspecified atom stereocenters. The van der Waals surface area contributed by atoms with E-state index in [1.54, 1.807) is 10.9 Å². The zero-order valence-corrected chi connectivity index (χ0v) is 17.5. The summed E-state index contributed by atoms with van der Waals surface area (Å²) in [6.07, 6.45) is 8.18. The zero-order chi connectivity index (χ0) is 20.9. The molecule has 2 fully saturated rings. The third kappa shape index (κ3) is 3.40. The third-order valence-corrected chi connectivity index (χ3v) is 6.10. The molecule has 6 rings (SSSR count). The molecule has 156 valence electrons. The van der Waals surface area contributed by atoms with Crippen LogP contribution in [0.15, 0.2) is 48.8 Å². The summed E-state index contributed by atoms with van der Waals surface area (Å²) in [7, 11) is 1.87. The second kappa shape index (κ2) is 7.04. The Balaban J connectivity index is 1.48. The van der Waals surface area contributed by atoms with Crippen molar-refractivity contribution in [2.45, 2.75) is 44.1 Å². The maximum atomic E-state index is 13.4. The van der Waals surface area contributed by atoms with Crippen LogP contribution in [-0.4, -0.2) is 30.5 Å². The van der Waals surface area contributed by atoms with E-state index in [0.29, 0.717) is 23.9 Å². The van der Waals surface area contributed by atoms with Gasteiger partial charge in [-0.25, -0.2) is 9.67 Å². The van der Waals surface area contributed by atoms with E-state index in [-0.39, 0.29) is 5.91 Å². The van der Waals surface area contributed by atoms with Crippen molar-refractivity contribution in [3.8, 4) is 5.69 Å². The van der Waals surface area contributed by atoms with Crippen molar-refractivity contribution in [3.63, 3.8) is 0 Å². The van der Waals surface area contributed by atoms with Crippen LogP contribution in [0.5, 0.6) is 0 Å². The van der Waals surface area contributed by atoms with E-state index < -0.39 is 0 Å². The molecule has 3 aromatic heterocycles. The molecule has 7 heteroatoms. The molecule has 0 saturated heterocycles. The molecule has 2 aliphatic rings. The maximum absolute atomic E-state index is 13.4. The number of nitrogens with one attached hydrogen (secondary N) is 1. The number of para-hydroxylation sites is 1. The van der Waals surface area contributed by atoms with Crippen LogP contribution in [0.2, 0.25) is 0 Å². The Hall–Kier alpha value is -3.48. The Morgan fingerprint density at radius 3 is 2.58 bits per heavy atom. The van der Waals surface area contributed by atoms with Crippen molar-refractivity contribution in [2.24, 2.45) is 7.05 Å². The van der Waals surface area contributed by atoms with Gasteiger partial charge in [0.15, 0.2) is 5.65 Å². The summed E-state index contributed by atoms with van der Waals surface area (Å²) in [4.78, 5) is 18.4. The lowest BCUT2D eigenvalue weighted by atomic mass is 10.0. The van der Waals surface area contributed by atoms with Crippen molar-refractivity contribution in [1.82, 2.24) is 29.9 Å². The molecule has 2 saturated carbocycles. The summed E-state index contributed by atoms with van der Waals surface area (Å²) in [5.41, 5.74) is 5.44. The number of carbonyl (C=O) groups is 1. The Labute approximate surface area is 180 Å². The minimum Gasteiger partial charge on any atom is -0.348 e. The molecule has 1 N–H and O–H groups in total. The van der Waals surface area contributed by atoms with Crippen molar-refractivity contribution in [2.75, 3.05) is 0 Å². The second-order valence-electron chi connectivity index (χ2n) is 8.68. The van der Waals surface area contributed by atoms with Crippen molar-refractivity contribution in [3.05, 3.63) is 71.3 Å². The summed E-state index contributed by atoms with van der Waals surface area (Å²) in [5, 5.41) is 13.1. The van der Waals surface area contributed by atoms with Crippen LogP contribution in [-0.2, 0) is 13.6 Å². The van der Waals surface area contributed by atoms with Crippen molar-refractivity contribution < 1.29 is 4.79 Å². The minimum absolute atomic E-state index is 0.0762. The number of hydrogen-bond donors (Lipinski definition) is 1. The smallest absolute Gasteiger partial charge is 0.252 e. The van der Waals surface area contributed by atoms with E-state index in [9.17, 15) is 4.79 Å². The fourth-order valence-corrected chi connectivity index (χ4v) is 4.16. The highest BCUT2D eigenvalue weighted by molar-refractivity contribution is 6.07. The van der Waals surface area contributed by atoms with Crippen LogP contribution in [0, 0.1) is 0 Å². The number of amides is 1. The van der Waals surface area contributed by atoms with E-state index in [0.717, 1.165) is 59.4 Å². The number of carbonyl (C=O) groups excluding carboxylic acids is 1. The molecule has 2 aliphatic carbocycles. The molecule has 1 aromatic carbocycles. The molecule has 0 radical (unpaired) electrons. The average Bonchev–Trinajstić information content (AvgIpc) is 3.73. The largest absolute Gasteiger partial charge is 0.348 e. The van der Waals surface area contributed by atoms with E-state index in [1.165, 1.54) is 0 Å². The predicted octanol–water partition coefficient (Wildman–Crippen LogP) is 3.84. The highest BCUT2D eigenvalue weighted by atomic mass is 16.1. The van der Waals surface area contributed by atoms with Gasteiger partial charge < -0.3 is 5.32 Å². The number of benzene rings is 1. The first-order chi connectivity index (χ1) is 15.2. The lowest BCUT2D eigenvalue weighted by molar-refractivity contribution is 0.0952. The van der Waals surface area contributed by atoms with Gasteiger partial charge in [-0.3, -0.25) is 9.48 Å². The molecule has 3 heterocycles. The summed E-state index contributed by atoms with van der Waals surface area (Å²) >= 11 is 0. The van der Waals surface area contributed by atoms with Gasteiger partial charge in [-0.15, -0.1) is 0 Å². The monoisotopic (exact) mass is 412 g/mol. The number of aryl methyl sites for hydroxylation is 1. The quantitative estimate of drug-likeness (QED) is 0.522.